The maximum absolute atomic E-state index is 13.5. The standard InChI is InChI=1S/C36H25N4O/c41-36-31-21-10-11-22-34(31)39(25-40(36)29-18-8-3-9-19-29)30-20-12-17-28(23-30)35-37-32(26-13-4-1-5-14-26)24-33(38-35)27-15-6-2-7-16-27/h1-25H/q+1. The van der Waals surface area contributed by atoms with Gasteiger partial charge >= 0.3 is 5.56 Å². The number of aromatic nitrogens is 4. The molecule has 7 aromatic rings. The van der Waals surface area contributed by atoms with Crippen LogP contribution in [0.2, 0.25) is 0 Å². The minimum atomic E-state index is -0.0643. The molecule has 5 nitrogen and oxygen atoms in total. The van der Waals surface area contributed by atoms with Gasteiger partial charge in [0.05, 0.1) is 11.4 Å². The molecule has 194 valence electrons. The second kappa shape index (κ2) is 10.5. The summed E-state index contributed by atoms with van der Waals surface area (Å²) in [5.41, 5.74) is 7.12. The van der Waals surface area contributed by atoms with E-state index in [9.17, 15) is 4.79 Å². The summed E-state index contributed by atoms with van der Waals surface area (Å²) in [5.74, 6) is 0.633. The van der Waals surface area contributed by atoms with E-state index in [1.54, 1.807) is 4.57 Å². The van der Waals surface area contributed by atoms with Gasteiger partial charge in [-0.15, -0.1) is 0 Å². The van der Waals surface area contributed by atoms with Crippen LogP contribution >= 0.6 is 0 Å². The van der Waals surface area contributed by atoms with Crippen molar-refractivity contribution in [1.29, 1.82) is 0 Å². The molecule has 2 aromatic heterocycles. The van der Waals surface area contributed by atoms with Gasteiger partial charge in [0.2, 0.25) is 0 Å². The molecule has 0 spiro atoms. The van der Waals surface area contributed by atoms with Gasteiger partial charge in [0.25, 0.3) is 6.33 Å². The molecule has 5 aromatic carbocycles. The third-order valence-corrected chi connectivity index (χ3v) is 7.13. The number of benzene rings is 5. The zero-order chi connectivity index (χ0) is 27.6. The van der Waals surface area contributed by atoms with Crippen LogP contribution in [-0.4, -0.2) is 14.5 Å². The average Bonchev–Trinajstić information content (AvgIpc) is 3.06. The van der Waals surface area contributed by atoms with Crippen LogP contribution in [0.25, 0.3) is 56.2 Å². The molecule has 0 aliphatic heterocycles. The van der Waals surface area contributed by atoms with E-state index < -0.39 is 0 Å². The second-order valence-corrected chi connectivity index (χ2v) is 9.76. The second-order valence-electron chi connectivity index (χ2n) is 9.76. The van der Waals surface area contributed by atoms with Crippen molar-refractivity contribution in [2.45, 2.75) is 0 Å². The lowest BCUT2D eigenvalue weighted by atomic mass is 10.1. The largest absolute Gasteiger partial charge is 0.350 e. The maximum Gasteiger partial charge on any atom is 0.350 e. The SMILES string of the molecule is O=c1c2ccccc2[n+](-c2cccc(-c3nc(-c4ccccc4)cc(-c4ccccc4)n3)c2)cn1-c1ccccc1. The predicted molar refractivity (Wildman–Crippen MR) is 163 cm³/mol. The smallest absolute Gasteiger partial charge is 0.240 e. The van der Waals surface area contributed by atoms with E-state index in [0.29, 0.717) is 11.2 Å². The maximum atomic E-state index is 13.5. The lowest BCUT2D eigenvalue weighted by Gasteiger charge is -2.11. The molecule has 0 atom stereocenters. The van der Waals surface area contributed by atoms with Gasteiger partial charge in [-0.2, -0.15) is 9.13 Å². The van der Waals surface area contributed by atoms with Gasteiger partial charge in [-0.3, -0.25) is 0 Å². The zero-order valence-corrected chi connectivity index (χ0v) is 22.1. The molecule has 0 radical (unpaired) electrons. The molecule has 41 heavy (non-hydrogen) atoms. The highest BCUT2D eigenvalue weighted by Gasteiger charge is 2.19. The minimum absolute atomic E-state index is 0.0643. The number of rotatable bonds is 5. The fraction of sp³-hybridized carbons (Fsp3) is 0. The quantitative estimate of drug-likeness (QED) is 0.224. The fourth-order valence-electron chi connectivity index (χ4n) is 5.09. The summed E-state index contributed by atoms with van der Waals surface area (Å²) < 4.78 is 3.74. The lowest BCUT2D eigenvalue weighted by Crippen LogP contribution is -2.38. The molecule has 0 aliphatic carbocycles. The van der Waals surface area contributed by atoms with E-state index in [4.69, 9.17) is 9.97 Å². The first-order valence-electron chi connectivity index (χ1n) is 13.5. The lowest BCUT2D eigenvalue weighted by molar-refractivity contribution is -0.572. The van der Waals surface area contributed by atoms with Gasteiger partial charge in [0, 0.05) is 16.7 Å². The molecule has 0 bridgehead atoms. The first-order chi connectivity index (χ1) is 20.2. The van der Waals surface area contributed by atoms with Gasteiger partial charge < -0.3 is 0 Å². The van der Waals surface area contributed by atoms with Crippen molar-refractivity contribution < 1.29 is 4.57 Å². The van der Waals surface area contributed by atoms with Gasteiger partial charge in [0.15, 0.2) is 5.82 Å². The van der Waals surface area contributed by atoms with Crippen LogP contribution in [0, 0.1) is 0 Å². The molecule has 0 amide bonds. The zero-order valence-electron chi connectivity index (χ0n) is 22.1. The molecule has 0 saturated carbocycles. The van der Waals surface area contributed by atoms with Crippen LogP contribution in [0.4, 0.5) is 0 Å². The molecule has 0 fully saturated rings. The predicted octanol–water partition coefficient (Wildman–Crippen LogP) is 7.06. The van der Waals surface area contributed by atoms with Crippen LogP contribution in [0.1, 0.15) is 0 Å². The normalized spacial score (nSPS) is 11.0. The Balaban J connectivity index is 1.42. The molecule has 2 heterocycles. The van der Waals surface area contributed by atoms with Crippen molar-refractivity contribution >= 4 is 10.9 Å². The molecule has 0 aliphatic rings. The van der Waals surface area contributed by atoms with Crippen LogP contribution in [0.15, 0.2) is 157 Å². The molecule has 0 saturated heterocycles. The monoisotopic (exact) mass is 529 g/mol. The van der Waals surface area contributed by atoms with Crippen LogP contribution in [0.5, 0.6) is 0 Å². The molecule has 0 unspecified atom stereocenters. The Labute approximate surface area is 237 Å². The van der Waals surface area contributed by atoms with Crippen molar-refractivity contribution in [2.24, 2.45) is 0 Å². The third-order valence-electron chi connectivity index (χ3n) is 7.13. The summed E-state index contributed by atoms with van der Waals surface area (Å²) in [6.45, 7) is 0. The van der Waals surface area contributed by atoms with Gasteiger partial charge in [-0.1, -0.05) is 103 Å². The van der Waals surface area contributed by atoms with E-state index >= 15 is 0 Å². The van der Waals surface area contributed by atoms with Crippen LogP contribution < -0.4 is 10.1 Å². The Morgan fingerprint density at radius 2 is 1.10 bits per heavy atom. The van der Waals surface area contributed by atoms with E-state index in [-0.39, 0.29) is 5.56 Å². The van der Waals surface area contributed by atoms with Crippen molar-refractivity contribution in [3.63, 3.8) is 0 Å². The molecule has 7 rings (SSSR count). The van der Waals surface area contributed by atoms with Gasteiger partial charge in [-0.25, -0.2) is 14.8 Å². The molecular formula is C36H25N4O+. The minimum Gasteiger partial charge on any atom is -0.240 e. The Morgan fingerprint density at radius 1 is 0.537 bits per heavy atom. The molecule has 5 heteroatoms. The number of hydrogen-bond acceptors (Lipinski definition) is 3. The van der Waals surface area contributed by atoms with Crippen LogP contribution in [0.3, 0.4) is 0 Å². The van der Waals surface area contributed by atoms with Crippen LogP contribution in [-0.2, 0) is 0 Å². The Kier molecular flexibility index (Phi) is 6.22. The number of hydrogen-bond donors (Lipinski definition) is 0. The molecule has 0 N–H and O–H groups in total. The summed E-state index contributed by atoms with van der Waals surface area (Å²) >= 11 is 0. The van der Waals surface area contributed by atoms with Crippen molar-refractivity contribution in [3.8, 4) is 45.3 Å². The van der Waals surface area contributed by atoms with Crippen molar-refractivity contribution in [3.05, 3.63) is 162 Å². The highest BCUT2D eigenvalue weighted by atomic mass is 16.1. The Morgan fingerprint density at radius 3 is 1.76 bits per heavy atom. The summed E-state index contributed by atoms with van der Waals surface area (Å²) in [6.07, 6.45) is 1.86. The summed E-state index contributed by atoms with van der Waals surface area (Å²) in [5, 5.41) is 0.637. The van der Waals surface area contributed by atoms with Gasteiger partial charge in [-0.05, 0) is 42.5 Å². The summed E-state index contributed by atoms with van der Waals surface area (Å²) in [4.78, 5) is 23.5. The first-order valence-corrected chi connectivity index (χ1v) is 13.5. The van der Waals surface area contributed by atoms with Gasteiger partial charge in [0.1, 0.15) is 22.3 Å². The third kappa shape index (κ3) is 4.70. The molecular weight excluding hydrogens is 504 g/mol. The number of nitrogens with zero attached hydrogens (tertiary/aromatic N) is 4. The van der Waals surface area contributed by atoms with E-state index in [2.05, 4.69) is 30.3 Å². The average molecular weight is 530 g/mol. The van der Waals surface area contributed by atoms with E-state index in [1.807, 2.05) is 126 Å². The van der Waals surface area contributed by atoms with Crippen molar-refractivity contribution in [2.75, 3.05) is 0 Å². The van der Waals surface area contributed by atoms with E-state index in [1.165, 1.54) is 0 Å². The number of fused-ring (bicyclic) bond motifs is 1. The van der Waals surface area contributed by atoms with E-state index in [0.717, 1.165) is 45.0 Å². The van der Waals surface area contributed by atoms with Crippen molar-refractivity contribution in [1.82, 2.24) is 14.5 Å². The summed E-state index contributed by atoms with van der Waals surface area (Å²) in [7, 11) is 0. The summed E-state index contributed by atoms with van der Waals surface area (Å²) in [6, 6.07) is 47.9. The first kappa shape index (κ1) is 24.4. The Bertz CT molecular complexity index is 2000. The topological polar surface area (TPSA) is 51.7 Å². The Hall–Kier alpha value is -5.68. The highest BCUT2D eigenvalue weighted by molar-refractivity contribution is 5.76. The highest BCUT2D eigenvalue weighted by Crippen LogP contribution is 2.28. The number of para-hydroxylation sites is 2. The fourth-order valence-corrected chi connectivity index (χ4v) is 5.09.